The van der Waals surface area contributed by atoms with Crippen molar-refractivity contribution in [2.45, 2.75) is 45.4 Å². The van der Waals surface area contributed by atoms with Crippen molar-refractivity contribution in [1.82, 2.24) is 0 Å². The number of hydrogen-bond acceptors (Lipinski definition) is 0. The van der Waals surface area contributed by atoms with Crippen LogP contribution in [0.2, 0.25) is 0 Å². The molecule has 0 spiro atoms. The molecule has 0 aromatic rings. The molecule has 0 saturated carbocycles. The van der Waals surface area contributed by atoms with Gasteiger partial charge in [-0.2, -0.15) is 0 Å². The Balaban J connectivity index is 2.91. The van der Waals surface area contributed by atoms with Gasteiger partial charge in [0.15, 0.2) is 0 Å². The fourth-order valence-corrected chi connectivity index (χ4v) is 1.10. The lowest BCUT2D eigenvalue weighted by molar-refractivity contribution is 0.727. The zero-order valence-corrected chi connectivity index (χ0v) is 8.24. The lowest BCUT2D eigenvalue weighted by Crippen LogP contribution is -1.73. The summed E-state index contributed by atoms with van der Waals surface area (Å²) < 4.78 is 0. The molecule has 0 aromatic carbocycles. The predicted octanol–water partition coefficient (Wildman–Crippen LogP) is 4.14. The molecule has 0 radical (unpaired) electrons. The van der Waals surface area contributed by atoms with Gasteiger partial charge in [0.1, 0.15) is 0 Å². The molecule has 0 N–H and O–H groups in total. The second-order valence-electron chi connectivity index (χ2n) is 2.80. The monoisotopic (exact) mass is 174 g/mol. The highest BCUT2D eigenvalue weighted by atomic mass is 35.5. The maximum atomic E-state index is 5.53. The summed E-state index contributed by atoms with van der Waals surface area (Å²) in [5.74, 6) is 0.791. The zero-order valence-electron chi connectivity index (χ0n) is 7.48. The van der Waals surface area contributed by atoms with Crippen LogP contribution in [0.3, 0.4) is 0 Å². The SMILES string of the molecule is CCCCC/C=C\CCCCl. The van der Waals surface area contributed by atoms with Crippen molar-refractivity contribution in [1.29, 1.82) is 0 Å². The molecule has 0 rings (SSSR count). The van der Waals surface area contributed by atoms with Crippen LogP contribution >= 0.6 is 11.6 Å². The molecule has 0 aromatic heterocycles. The van der Waals surface area contributed by atoms with E-state index in [0.29, 0.717) is 0 Å². The summed E-state index contributed by atoms with van der Waals surface area (Å²) in [7, 11) is 0. The Morgan fingerprint density at radius 1 is 1.00 bits per heavy atom. The zero-order chi connectivity index (χ0) is 8.36. The van der Waals surface area contributed by atoms with E-state index in [4.69, 9.17) is 11.6 Å². The van der Waals surface area contributed by atoms with E-state index in [-0.39, 0.29) is 0 Å². The molecule has 0 nitrogen and oxygen atoms in total. The minimum absolute atomic E-state index is 0.791. The van der Waals surface area contributed by atoms with Gasteiger partial charge >= 0.3 is 0 Å². The molecule has 66 valence electrons. The average molecular weight is 175 g/mol. The van der Waals surface area contributed by atoms with E-state index >= 15 is 0 Å². The largest absolute Gasteiger partial charge is 0.127 e. The van der Waals surface area contributed by atoms with Gasteiger partial charge in [0, 0.05) is 5.88 Å². The molecule has 0 atom stereocenters. The number of unbranched alkanes of at least 4 members (excludes halogenated alkanes) is 4. The smallest absolute Gasteiger partial charge is 0.0226 e. The Bertz CT molecular complexity index is 86.9. The van der Waals surface area contributed by atoms with Gasteiger partial charge in [-0.25, -0.2) is 0 Å². The maximum absolute atomic E-state index is 5.53. The second-order valence-corrected chi connectivity index (χ2v) is 3.18. The lowest BCUT2D eigenvalue weighted by atomic mass is 10.2. The Morgan fingerprint density at radius 3 is 2.18 bits per heavy atom. The summed E-state index contributed by atoms with van der Waals surface area (Å²) in [5, 5.41) is 0. The van der Waals surface area contributed by atoms with E-state index in [1.54, 1.807) is 0 Å². The fourth-order valence-electron chi connectivity index (χ4n) is 0.943. The van der Waals surface area contributed by atoms with Gasteiger partial charge in [-0.05, 0) is 25.7 Å². The third kappa shape index (κ3) is 10.0. The Hall–Kier alpha value is 0.0300. The van der Waals surface area contributed by atoms with Gasteiger partial charge in [-0.15, -0.1) is 11.6 Å². The number of allylic oxidation sites excluding steroid dienone is 2. The Labute approximate surface area is 75.6 Å². The summed E-state index contributed by atoms with van der Waals surface area (Å²) >= 11 is 5.53. The molecule has 0 saturated heterocycles. The predicted molar refractivity (Wildman–Crippen MR) is 53.2 cm³/mol. The molecule has 0 aliphatic carbocycles. The maximum Gasteiger partial charge on any atom is 0.0226 e. The van der Waals surface area contributed by atoms with Gasteiger partial charge in [0.2, 0.25) is 0 Å². The van der Waals surface area contributed by atoms with E-state index in [2.05, 4.69) is 19.1 Å². The van der Waals surface area contributed by atoms with Crippen molar-refractivity contribution in [2.75, 3.05) is 5.88 Å². The van der Waals surface area contributed by atoms with Crippen LogP contribution in [0.1, 0.15) is 45.4 Å². The van der Waals surface area contributed by atoms with Gasteiger partial charge in [-0.3, -0.25) is 0 Å². The van der Waals surface area contributed by atoms with Crippen LogP contribution in [0, 0.1) is 0 Å². The van der Waals surface area contributed by atoms with E-state index in [1.807, 2.05) is 0 Å². The molecular formula is C10H19Cl. The van der Waals surface area contributed by atoms with E-state index in [9.17, 15) is 0 Å². The molecule has 0 fully saturated rings. The normalized spacial score (nSPS) is 11.1. The first kappa shape index (κ1) is 11.0. The highest BCUT2D eigenvalue weighted by Gasteiger charge is 1.82. The van der Waals surface area contributed by atoms with Crippen LogP contribution in [-0.4, -0.2) is 5.88 Å². The van der Waals surface area contributed by atoms with Crippen molar-refractivity contribution in [3.8, 4) is 0 Å². The number of alkyl halides is 1. The number of rotatable bonds is 7. The molecule has 0 bridgehead atoms. The van der Waals surface area contributed by atoms with Crippen molar-refractivity contribution >= 4 is 11.6 Å². The van der Waals surface area contributed by atoms with Crippen LogP contribution < -0.4 is 0 Å². The molecule has 0 aliphatic rings. The molecule has 1 heteroatoms. The third-order valence-corrected chi connectivity index (χ3v) is 1.91. The average Bonchev–Trinajstić information content (AvgIpc) is 2.03. The second kappa shape index (κ2) is 10.0. The van der Waals surface area contributed by atoms with Crippen molar-refractivity contribution in [3.05, 3.63) is 12.2 Å². The van der Waals surface area contributed by atoms with Gasteiger partial charge in [0.05, 0.1) is 0 Å². The molecular weight excluding hydrogens is 156 g/mol. The van der Waals surface area contributed by atoms with Crippen LogP contribution in [0.25, 0.3) is 0 Å². The minimum atomic E-state index is 0.791. The molecule has 0 heterocycles. The molecule has 11 heavy (non-hydrogen) atoms. The number of halogens is 1. The van der Waals surface area contributed by atoms with E-state index in [1.165, 1.54) is 25.7 Å². The fraction of sp³-hybridized carbons (Fsp3) is 0.800. The first-order chi connectivity index (χ1) is 5.41. The summed E-state index contributed by atoms with van der Waals surface area (Å²) in [6.45, 7) is 2.23. The standard InChI is InChI=1S/C10H19Cl/c1-2-3-4-5-6-7-8-9-10-11/h6-7H,2-5,8-10H2,1H3/b7-6-. The highest BCUT2D eigenvalue weighted by molar-refractivity contribution is 6.17. The summed E-state index contributed by atoms with van der Waals surface area (Å²) in [4.78, 5) is 0. The van der Waals surface area contributed by atoms with Crippen LogP contribution in [0.4, 0.5) is 0 Å². The number of hydrogen-bond donors (Lipinski definition) is 0. The van der Waals surface area contributed by atoms with Crippen LogP contribution in [0.5, 0.6) is 0 Å². The van der Waals surface area contributed by atoms with Gasteiger partial charge < -0.3 is 0 Å². The van der Waals surface area contributed by atoms with E-state index in [0.717, 1.165) is 18.7 Å². The molecule has 0 amide bonds. The highest BCUT2D eigenvalue weighted by Crippen LogP contribution is 2.01. The van der Waals surface area contributed by atoms with Crippen LogP contribution in [0.15, 0.2) is 12.2 Å². The summed E-state index contributed by atoms with van der Waals surface area (Å²) in [6, 6.07) is 0. The van der Waals surface area contributed by atoms with Crippen LogP contribution in [-0.2, 0) is 0 Å². The summed E-state index contributed by atoms with van der Waals surface area (Å²) in [5.41, 5.74) is 0. The lowest BCUT2D eigenvalue weighted by Gasteiger charge is -1.91. The quantitative estimate of drug-likeness (QED) is 0.309. The topological polar surface area (TPSA) is 0 Å². The van der Waals surface area contributed by atoms with Gasteiger partial charge in [0.25, 0.3) is 0 Å². The minimum Gasteiger partial charge on any atom is -0.127 e. The first-order valence-corrected chi connectivity index (χ1v) is 5.16. The van der Waals surface area contributed by atoms with Crippen molar-refractivity contribution < 1.29 is 0 Å². The molecule has 0 aliphatic heterocycles. The first-order valence-electron chi connectivity index (χ1n) is 4.62. The Kier molecular flexibility index (Phi) is 10.1. The third-order valence-electron chi connectivity index (χ3n) is 1.65. The Morgan fingerprint density at radius 2 is 1.64 bits per heavy atom. The van der Waals surface area contributed by atoms with Crippen molar-refractivity contribution in [2.24, 2.45) is 0 Å². The molecule has 0 unspecified atom stereocenters. The summed E-state index contributed by atoms with van der Waals surface area (Å²) in [6.07, 6.45) is 12.1. The van der Waals surface area contributed by atoms with Gasteiger partial charge in [-0.1, -0.05) is 31.9 Å². The van der Waals surface area contributed by atoms with E-state index < -0.39 is 0 Å². The van der Waals surface area contributed by atoms with Crippen molar-refractivity contribution in [3.63, 3.8) is 0 Å².